The van der Waals surface area contributed by atoms with Gasteiger partial charge in [0.2, 0.25) is 0 Å². The zero-order valence-corrected chi connectivity index (χ0v) is 11.0. The molecule has 5 heteroatoms. The number of nitrogens with zero attached hydrogens (tertiary/aromatic N) is 1. The molecular formula is C11H16N2OS2. The van der Waals surface area contributed by atoms with Crippen LogP contribution < -0.4 is 0 Å². The van der Waals surface area contributed by atoms with Crippen LogP contribution in [0.2, 0.25) is 0 Å². The Kier molecular flexibility index (Phi) is 4.37. The molecule has 1 N–H and O–H groups in total. The lowest BCUT2D eigenvalue weighted by Gasteiger charge is -2.16. The third kappa shape index (κ3) is 2.84. The minimum absolute atomic E-state index is 0.611. The molecule has 1 aromatic rings. The van der Waals surface area contributed by atoms with Gasteiger partial charge in [-0.1, -0.05) is 19.1 Å². The predicted octanol–water partition coefficient (Wildman–Crippen LogP) is 2.86. The van der Waals surface area contributed by atoms with Gasteiger partial charge >= 0.3 is 0 Å². The summed E-state index contributed by atoms with van der Waals surface area (Å²) in [5.74, 6) is 3.10. The van der Waals surface area contributed by atoms with Crippen molar-refractivity contribution in [3.8, 4) is 0 Å². The van der Waals surface area contributed by atoms with E-state index in [1.54, 1.807) is 0 Å². The van der Waals surface area contributed by atoms with E-state index in [1.807, 2.05) is 11.8 Å². The molecule has 0 aliphatic carbocycles. The van der Waals surface area contributed by atoms with Crippen LogP contribution in [-0.4, -0.2) is 22.3 Å². The van der Waals surface area contributed by atoms with Crippen LogP contribution in [0.25, 0.3) is 0 Å². The summed E-state index contributed by atoms with van der Waals surface area (Å²) in [6.45, 7) is 3.58. The van der Waals surface area contributed by atoms with Crippen LogP contribution in [0, 0.1) is 4.64 Å². The molecule has 0 atom stereocenters. The standard InChI is InChI=1S/C11H16N2OS2/c1-2-5-16-7-10-12-9-3-4-14-6-8(9)11(15)13-10/h2-7H2,1H3,(H,12,13,15). The van der Waals surface area contributed by atoms with Gasteiger partial charge in [-0.3, -0.25) is 0 Å². The van der Waals surface area contributed by atoms with Crippen molar-refractivity contribution in [2.24, 2.45) is 0 Å². The molecule has 0 saturated heterocycles. The molecule has 2 heterocycles. The number of thioether (sulfide) groups is 1. The van der Waals surface area contributed by atoms with Crippen LogP contribution in [0.5, 0.6) is 0 Å². The Bertz CT molecular complexity index is 417. The molecule has 3 nitrogen and oxygen atoms in total. The number of aromatic nitrogens is 2. The minimum Gasteiger partial charge on any atom is -0.376 e. The number of rotatable bonds is 4. The van der Waals surface area contributed by atoms with E-state index in [4.69, 9.17) is 17.0 Å². The van der Waals surface area contributed by atoms with Gasteiger partial charge in [-0.05, 0) is 12.2 Å². The summed E-state index contributed by atoms with van der Waals surface area (Å²) < 4.78 is 6.09. The summed E-state index contributed by atoms with van der Waals surface area (Å²) >= 11 is 7.18. The Morgan fingerprint density at radius 2 is 2.44 bits per heavy atom. The normalized spacial score (nSPS) is 14.8. The fourth-order valence-electron chi connectivity index (χ4n) is 1.69. The van der Waals surface area contributed by atoms with Crippen molar-refractivity contribution in [2.45, 2.75) is 32.1 Å². The molecule has 1 aliphatic heterocycles. The van der Waals surface area contributed by atoms with Crippen molar-refractivity contribution < 1.29 is 4.74 Å². The van der Waals surface area contributed by atoms with E-state index in [-0.39, 0.29) is 0 Å². The third-order valence-electron chi connectivity index (χ3n) is 2.48. The van der Waals surface area contributed by atoms with Crippen molar-refractivity contribution in [1.29, 1.82) is 0 Å². The Balaban J connectivity index is 2.15. The molecule has 1 aromatic heterocycles. The van der Waals surface area contributed by atoms with E-state index >= 15 is 0 Å². The molecule has 88 valence electrons. The average Bonchev–Trinajstić information content (AvgIpc) is 2.30. The van der Waals surface area contributed by atoms with Gasteiger partial charge in [0, 0.05) is 17.7 Å². The highest BCUT2D eigenvalue weighted by Crippen LogP contribution is 2.17. The second-order valence-electron chi connectivity index (χ2n) is 3.80. The van der Waals surface area contributed by atoms with Gasteiger partial charge in [0.25, 0.3) is 0 Å². The van der Waals surface area contributed by atoms with Crippen LogP contribution in [0.15, 0.2) is 0 Å². The van der Waals surface area contributed by atoms with Crippen molar-refractivity contribution >= 4 is 24.0 Å². The molecule has 0 spiro atoms. The largest absolute Gasteiger partial charge is 0.376 e. The first kappa shape index (κ1) is 12.1. The Hall–Kier alpha value is -0.390. The van der Waals surface area contributed by atoms with Crippen LogP contribution in [0.3, 0.4) is 0 Å². The number of aromatic amines is 1. The molecule has 0 aromatic carbocycles. The van der Waals surface area contributed by atoms with Crippen LogP contribution in [0.1, 0.15) is 30.4 Å². The lowest BCUT2D eigenvalue weighted by molar-refractivity contribution is 0.108. The summed E-state index contributed by atoms with van der Waals surface area (Å²) in [7, 11) is 0. The highest BCUT2D eigenvalue weighted by atomic mass is 32.2. The monoisotopic (exact) mass is 256 g/mol. The number of fused-ring (bicyclic) bond motifs is 1. The summed E-state index contributed by atoms with van der Waals surface area (Å²) in [4.78, 5) is 7.80. The SMILES string of the molecule is CCCSCc1nc(=S)c2c([nH]1)CCOC2. The first-order chi connectivity index (χ1) is 7.81. The van der Waals surface area contributed by atoms with Crippen molar-refractivity contribution in [3.63, 3.8) is 0 Å². The number of hydrogen-bond donors (Lipinski definition) is 1. The van der Waals surface area contributed by atoms with Crippen LogP contribution in [-0.2, 0) is 23.5 Å². The Morgan fingerprint density at radius 3 is 3.25 bits per heavy atom. The molecule has 0 unspecified atom stereocenters. The Morgan fingerprint density at radius 1 is 1.56 bits per heavy atom. The lowest BCUT2D eigenvalue weighted by atomic mass is 10.1. The van der Waals surface area contributed by atoms with E-state index < -0.39 is 0 Å². The second kappa shape index (κ2) is 5.80. The zero-order chi connectivity index (χ0) is 11.4. The molecule has 0 saturated carbocycles. The molecule has 2 rings (SSSR count). The topological polar surface area (TPSA) is 37.9 Å². The van der Waals surface area contributed by atoms with Crippen molar-refractivity contribution in [2.75, 3.05) is 12.4 Å². The summed E-state index contributed by atoms with van der Waals surface area (Å²) in [6, 6.07) is 0. The van der Waals surface area contributed by atoms with Crippen molar-refractivity contribution in [3.05, 3.63) is 21.7 Å². The van der Waals surface area contributed by atoms with Crippen LogP contribution >= 0.6 is 24.0 Å². The first-order valence-corrected chi connectivity index (χ1v) is 7.14. The molecule has 0 amide bonds. The maximum atomic E-state index is 5.38. The molecule has 1 aliphatic rings. The molecule has 0 radical (unpaired) electrons. The second-order valence-corrected chi connectivity index (χ2v) is 5.29. The van der Waals surface area contributed by atoms with Gasteiger partial charge < -0.3 is 9.72 Å². The number of nitrogens with one attached hydrogen (secondary N) is 1. The molecule has 16 heavy (non-hydrogen) atoms. The number of H-pyrrole nitrogens is 1. The highest BCUT2D eigenvalue weighted by Gasteiger charge is 2.13. The van der Waals surface area contributed by atoms with Gasteiger partial charge in [-0.15, -0.1) is 0 Å². The third-order valence-corrected chi connectivity index (χ3v) is 4.00. The van der Waals surface area contributed by atoms with Gasteiger partial charge in [0.15, 0.2) is 0 Å². The number of hydrogen-bond acceptors (Lipinski definition) is 4. The highest BCUT2D eigenvalue weighted by molar-refractivity contribution is 7.98. The quantitative estimate of drug-likeness (QED) is 0.664. The van der Waals surface area contributed by atoms with Gasteiger partial charge in [0.05, 0.1) is 19.0 Å². The summed E-state index contributed by atoms with van der Waals surface area (Å²) in [5.41, 5.74) is 2.30. The molecule has 0 fully saturated rings. The fourth-order valence-corrected chi connectivity index (χ4v) is 2.74. The maximum Gasteiger partial charge on any atom is 0.135 e. The van der Waals surface area contributed by atoms with E-state index in [9.17, 15) is 0 Å². The zero-order valence-electron chi connectivity index (χ0n) is 9.41. The van der Waals surface area contributed by atoms with Crippen molar-refractivity contribution in [1.82, 2.24) is 9.97 Å². The molecule has 0 bridgehead atoms. The van der Waals surface area contributed by atoms with Gasteiger partial charge in [-0.2, -0.15) is 11.8 Å². The number of ether oxygens (including phenoxy) is 1. The van der Waals surface area contributed by atoms with E-state index in [1.165, 1.54) is 17.9 Å². The first-order valence-electron chi connectivity index (χ1n) is 5.57. The van der Waals surface area contributed by atoms with Crippen LogP contribution in [0.4, 0.5) is 0 Å². The van der Waals surface area contributed by atoms with E-state index in [0.29, 0.717) is 11.2 Å². The van der Waals surface area contributed by atoms with E-state index in [2.05, 4.69) is 16.9 Å². The lowest BCUT2D eigenvalue weighted by Crippen LogP contribution is -2.14. The predicted molar refractivity (Wildman–Crippen MR) is 69.2 cm³/mol. The summed E-state index contributed by atoms with van der Waals surface area (Å²) in [6.07, 6.45) is 2.12. The van der Waals surface area contributed by atoms with Gasteiger partial charge in [0.1, 0.15) is 10.5 Å². The average molecular weight is 256 g/mol. The fraction of sp³-hybridized carbons (Fsp3) is 0.636. The van der Waals surface area contributed by atoms with E-state index in [0.717, 1.165) is 30.2 Å². The smallest absolute Gasteiger partial charge is 0.135 e. The minimum atomic E-state index is 0.611. The van der Waals surface area contributed by atoms with Gasteiger partial charge in [-0.25, -0.2) is 4.98 Å². The molecular weight excluding hydrogens is 240 g/mol. The maximum absolute atomic E-state index is 5.38. The Labute approximate surface area is 105 Å². The summed E-state index contributed by atoms with van der Waals surface area (Å²) in [5, 5.41) is 0.